The molecule has 0 aromatic carbocycles. The van der Waals surface area contributed by atoms with Crippen LogP contribution in [0, 0.1) is 0 Å². The van der Waals surface area contributed by atoms with Crippen LogP contribution in [0.4, 0.5) is 0 Å². The first-order valence-electron chi connectivity index (χ1n) is 12.3. The predicted molar refractivity (Wildman–Crippen MR) is 123 cm³/mol. The molecule has 6 nitrogen and oxygen atoms in total. The van der Waals surface area contributed by atoms with Crippen LogP contribution < -0.4 is 0 Å². The summed E-state index contributed by atoms with van der Waals surface area (Å²) in [5.41, 5.74) is 0. The number of aliphatic carboxylic acids is 1. The number of carboxylic acids is 1. The first-order valence-corrected chi connectivity index (χ1v) is 13.9. The van der Waals surface area contributed by atoms with E-state index in [0.717, 1.165) is 32.1 Å². The van der Waals surface area contributed by atoms with Crippen LogP contribution in [0.5, 0.6) is 0 Å². The Hall–Kier alpha value is -0.420. The molecule has 0 heterocycles. The fraction of sp³-hybridized carbons (Fsp3) is 0.957. The first kappa shape index (κ1) is 29.6. The number of hydrogen-bond donors (Lipinski definition) is 3. The van der Waals surface area contributed by atoms with E-state index in [4.69, 9.17) is 14.9 Å². The van der Waals surface area contributed by atoms with Crippen molar-refractivity contribution in [2.45, 2.75) is 135 Å². The maximum Gasteiger partial charge on any atom is 0.469 e. The summed E-state index contributed by atoms with van der Waals surface area (Å²) in [5, 5.41) is 8.58. The zero-order valence-electron chi connectivity index (χ0n) is 19.1. The van der Waals surface area contributed by atoms with Gasteiger partial charge in [0.15, 0.2) is 0 Å². The molecule has 0 unspecified atom stereocenters. The standard InChI is InChI=1S/C23H47O6P/c24-23(25)21-19-17-15-13-11-9-7-5-3-1-2-4-6-8-10-12-14-16-18-20-22-29-30(26,27)28/h1-22H2,(H,24,25)(H2,26,27,28). The minimum absolute atomic E-state index is 0.153. The molecule has 0 aromatic rings. The van der Waals surface area contributed by atoms with E-state index in [1.165, 1.54) is 96.3 Å². The second kappa shape index (κ2) is 21.8. The molecule has 3 N–H and O–H groups in total. The summed E-state index contributed by atoms with van der Waals surface area (Å²) in [6, 6.07) is 0. The van der Waals surface area contributed by atoms with Crippen LogP contribution in [0.3, 0.4) is 0 Å². The Kier molecular flexibility index (Phi) is 21.5. The molecule has 0 aromatic heterocycles. The van der Waals surface area contributed by atoms with Crippen molar-refractivity contribution >= 4 is 13.8 Å². The molecule has 0 saturated heterocycles. The van der Waals surface area contributed by atoms with Gasteiger partial charge in [0.2, 0.25) is 0 Å². The Morgan fingerprint density at radius 1 is 0.533 bits per heavy atom. The fourth-order valence-corrected chi connectivity index (χ4v) is 4.11. The Bertz CT molecular complexity index is 424. The van der Waals surface area contributed by atoms with Crippen molar-refractivity contribution in [1.29, 1.82) is 0 Å². The van der Waals surface area contributed by atoms with Gasteiger partial charge in [0, 0.05) is 6.42 Å². The van der Waals surface area contributed by atoms with Gasteiger partial charge >= 0.3 is 13.8 Å². The van der Waals surface area contributed by atoms with Crippen LogP contribution in [0.25, 0.3) is 0 Å². The quantitative estimate of drug-likeness (QED) is 0.105. The largest absolute Gasteiger partial charge is 0.481 e. The van der Waals surface area contributed by atoms with Gasteiger partial charge in [-0.1, -0.05) is 116 Å². The molecule has 0 rings (SSSR count). The van der Waals surface area contributed by atoms with Gasteiger partial charge in [0.1, 0.15) is 0 Å². The van der Waals surface area contributed by atoms with E-state index in [1.807, 2.05) is 0 Å². The van der Waals surface area contributed by atoms with Gasteiger partial charge in [-0.15, -0.1) is 0 Å². The van der Waals surface area contributed by atoms with E-state index >= 15 is 0 Å². The number of rotatable bonds is 24. The number of phosphoric acid groups is 1. The van der Waals surface area contributed by atoms with Crippen LogP contribution >= 0.6 is 7.82 Å². The molecule has 0 fully saturated rings. The molecule has 0 bridgehead atoms. The zero-order chi connectivity index (χ0) is 22.3. The molecule has 30 heavy (non-hydrogen) atoms. The lowest BCUT2D eigenvalue weighted by Crippen LogP contribution is -1.93. The lowest BCUT2D eigenvalue weighted by Gasteiger charge is -2.05. The average Bonchev–Trinajstić information content (AvgIpc) is 2.67. The molecule has 180 valence electrons. The maximum absolute atomic E-state index is 10.5. The molecule has 0 aliphatic carbocycles. The van der Waals surface area contributed by atoms with Crippen molar-refractivity contribution in [1.82, 2.24) is 0 Å². The van der Waals surface area contributed by atoms with Gasteiger partial charge in [0.25, 0.3) is 0 Å². The highest BCUT2D eigenvalue weighted by Gasteiger charge is 2.12. The highest BCUT2D eigenvalue weighted by atomic mass is 31.2. The molecule has 0 aliphatic heterocycles. The number of carbonyl (C=O) groups is 1. The van der Waals surface area contributed by atoms with E-state index in [2.05, 4.69) is 4.52 Å². The second-order valence-corrected chi connectivity index (χ2v) is 9.78. The average molecular weight is 451 g/mol. The molecule has 0 spiro atoms. The Morgan fingerprint density at radius 3 is 1.07 bits per heavy atom. The third-order valence-corrected chi connectivity index (χ3v) is 6.06. The highest BCUT2D eigenvalue weighted by Crippen LogP contribution is 2.35. The van der Waals surface area contributed by atoms with E-state index < -0.39 is 13.8 Å². The zero-order valence-corrected chi connectivity index (χ0v) is 20.0. The third kappa shape index (κ3) is 27.6. The monoisotopic (exact) mass is 450 g/mol. The van der Waals surface area contributed by atoms with Crippen molar-refractivity contribution < 1.29 is 28.8 Å². The predicted octanol–water partition coefficient (Wildman–Crippen LogP) is 7.37. The van der Waals surface area contributed by atoms with E-state index in [-0.39, 0.29) is 6.61 Å². The summed E-state index contributed by atoms with van der Waals surface area (Å²) in [4.78, 5) is 27.6. The lowest BCUT2D eigenvalue weighted by molar-refractivity contribution is -0.137. The molecule has 0 aliphatic rings. The topological polar surface area (TPSA) is 104 Å². The summed E-state index contributed by atoms with van der Waals surface area (Å²) in [6.45, 7) is 0.153. The molecule has 0 radical (unpaired) electrons. The molecular weight excluding hydrogens is 403 g/mol. The van der Waals surface area contributed by atoms with Crippen LogP contribution in [0.1, 0.15) is 135 Å². The number of unbranched alkanes of at least 4 members (excludes halogenated alkanes) is 19. The third-order valence-electron chi connectivity index (χ3n) is 5.54. The fourth-order valence-electron chi connectivity index (χ4n) is 3.74. The summed E-state index contributed by atoms with van der Waals surface area (Å²) >= 11 is 0. The number of hydrogen-bond acceptors (Lipinski definition) is 3. The maximum atomic E-state index is 10.5. The van der Waals surface area contributed by atoms with E-state index in [9.17, 15) is 9.36 Å². The van der Waals surface area contributed by atoms with Gasteiger partial charge < -0.3 is 14.9 Å². The minimum Gasteiger partial charge on any atom is -0.481 e. The summed E-state index contributed by atoms with van der Waals surface area (Å²) in [5.74, 6) is -0.672. The van der Waals surface area contributed by atoms with Crippen LogP contribution in [0.2, 0.25) is 0 Å². The number of carboxylic acid groups (broad SMARTS) is 1. The lowest BCUT2D eigenvalue weighted by atomic mass is 10.0. The summed E-state index contributed by atoms with van der Waals surface area (Å²) < 4.78 is 14.9. The van der Waals surface area contributed by atoms with Crippen LogP contribution in [0.15, 0.2) is 0 Å². The van der Waals surface area contributed by atoms with Crippen LogP contribution in [-0.4, -0.2) is 27.5 Å². The van der Waals surface area contributed by atoms with E-state index in [0.29, 0.717) is 6.42 Å². The van der Waals surface area contributed by atoms with Crippen molar-refractivity contribution in [3.8, 4) is 0 Å². The van der Waals surface area contributed by atoms with E-state index in [1.54, 1.807) is 0 Å². The molecule has 7 heteroatoms. The van der Waals surface area contributed by atoms with Gasteiger partial charge in [-0.3, -0.25) is 9.32 Å². The number of phosphoric ester groups is 1. The smallest absolute Gasteiger partial charge is 0.469 e. The van der Waals surface area contributed by atoms with Gasteiger partial charge in [0.05, 0.1) is 6.61 Å². The molecule has 0 saturated carbocycles. The van der Waals surface area contributed by atoms with Gasteiger partial charge in [-0.05, 0) is 12.8 Å². The van der Waals surface area contributed by atoms with Crippen molar-refractivity contribution in [3.05, 3.63) is 0 Å². The van der Waals surface area contributed by atoms with Gasteiger partial charge in [-0.25, -0.2) is 4.57 Å². The second-order valence-electron chi connectivity index (χ2n) is 8.54. The SMILES string of the molecule is O=C(O)CCCCCCCCCCCCCCCCCCCCCCOP(=O)(O)O. The Morgan fingerprint density at radius 2 is 0.800 bits per heavy atom. The van der Waals surface area contributed by atoms with Crippen molar-refractivity contribution in [3.63, 3.8) is 0 Å². The summed E-state index contributed by atoms with van der Waals surface area (Å²) in [6.07, 6.45) is 24.7. The Labute approximate surface area is 184 Å². The molecule has 0 atom stereocenters. The molecular formula is C23H47O6P. The van der Waals surface area contributed by atoms with Gasteiger partial charge in [-0.2, -0.15) is 0 Å². The highest BCUT2D eigenvalue weighted by molar-refractivity contribution is 7.46. The normalized spacial score (nSPS) is 11.8. The van der Waals surface area contributed by atoms with Crippen LogP contribution in [-0.2, 0) is 13.9 Å². The van der Waals surface area contributed by atoms with Crippen molar-refractivity contribution in [2.75, 3.05) is 6.61 Å². The summed E-state index contributed by atoms with van der Waals surface area (Å²) in [7, 11) is -4.28. The Balaban J connectivity index is 3.05. The minimum atomic E-state index is -4.28. The molecule has 0 amide bonds. The first-order chi connectivity index (χ1) is 14.4. The van der Waals surface area contributed by atoms with Crippen molar-refractivity contribution in [2.24, 2.45) is 0 Å².